The average molecular weight is 239 g/mol. The van der Waals surface area contributed by atoms with Crippen molar-refractivity contribution in [3.63, 3.8) is 0 Å². The molecule has 0 aromatic heterocycles. The van der Waals surface area contributed by atoms with E-state index in [0.717, 1.165) is 0 Å². The molecule has 0 bridgehead atoms. The van der Waals surface area contributed by atoms with Gasteiger partial charge in [0.2, 0.25) is 0 Å². The van der Waals surface area contributed by atoms with E-state index in [2.05, 4.69) is 71.9 Å². The molecule has 0 aliphatic rings. The molecule has 0 spiro atoms. The molecular formula is C18H23-. The van der Waals surface area contributed by atoms with Gasteiger partial charge in [-0.1, -0.05) is 39.0 Å². The van der Waals surface area contributed by atoms with Crippen LogP contribution >= 0.6 is 0 Å². The number of benzene rings is 2. The van der Waals surface area contributed by atoms with Gasteiger partial charge in [-0.2, -0.15) is 34.9 Å². The number of hydrogen-bond acceptors (Lipinski definition) is 0. The first-order valence-corrected chi connectivity index (χ1v) is 6.40. The topological polar surface area (TPSA) is 0 Å². The van der Waals surface area contributed by atoms with Crippen molar-refractivity contribution in [2.45, 2.75) is 41.5 Å². The predicted molar refractivity (Wildman–Crippen MR) is 80.1 cm³/mol. The minimum Gasteiger partial charge on any atom is -0.180 e. The van der Waals surface area contributed by atoms with Crippen LogP contribution in [0.5, 0.6) is 0 Å². The van der Waals surface area contributed by atoms with Gasteiger partial charge in [0.1, 0.15) is 0 Å². The van der Waals surface area contributed by atoms with Gasteiger partial charge in [-0.3, -0.25) is 0 Å². The lowest BCUT2D eigenvalue weighted by molar-refractivity contribution is 1.27. The summed E-state index contributed by atoms with van der Waals surface area (Å²) in [6.45, 7) is 12.7. The van der Waals surface area contributed by atoms with Gasteiger partial charge >= 0.3 is 0 Å². The van der Waals surface area contributed by atoms with Crippen LogP contribution in [0.1, 0.15) is 33.4 Å². The van der Waals surface area contributed by atoms with Gasteiger partial charge < -0.3 is 0 Å². The zero-order valence-corrected chi connectivity index (χ0v) is 12.4. The smallest absolute Gasteiger partial charge is 0.0392 e. The van der Waals surface area contributed by atoms with Gasteiger partial charge in [-0.25, -0.2) is 0 Å². The minimum absolute atomic E-state index is 1.25. The summed E-state index contributed by atoms with van der Waals surface area (Å²) in [5.41, 5.74) is 8.05. The fourth-order valence-electron chi connectivity index (χ4n) is 1.73. The fourth-order valence-corrected chi connectivity index (χ4v) is 1.73. The van der Waals surface area contributed by atoms with Gasteiger partial charge in [-0.05, 0) is 37.5 Å². The molecule has 0 heteroatoms. The Kier molecular flexibility index (Phi) is 5.15. The van der Waals surface area contributed by atoms with Crippen molar-refractivity contribution in [2.24, 2.45) is 0 Å². The van der Waals surface area contributed by atoms with Crippen LogP contribution in [0.2, 0.25) is 0 Å². The number of hydrogen-bond donors (Lipinski definition) is 0. The van der Waals surface area contributed by atoms with Crippen LogP contribution in [0.25, 0.3) is 0 Å². The first kappa shape index (κ1) is 14.5. The Morgan fingerprint density at radius 3 is 1.72 bits per heavy atom. The molecule has 0 aliphatic carbocycles. The number of aryl methyl sites for hydroxylation is 5. The maximum Gasteiger partial charge on any atom is -0.0392 e. The molecule has 0 nitrogen and oxygen atoms in total. The van der Waals surface area contributed by atoms with Crippen molar-refractivity contribution in [1.82, 2.24) is 0 Å². The van der Waals surface area contributed by atoms with Crippen molar-refractivity contribution in [3.05, 3.63) is 69.8 Å². The van der Waals surface area contributed by atoms with Crippen LogP contribution in [0.15, 0.2) is 30.3 Å². The Bertz CT molecular complexity index is 501. The lowest BCUT2D eigenvalue weighted by Crippen LogP contribution is -1.82. The minimum atomic E-state index is 1.25. The van der Waals surface area contributed by atoms with E-state index < -0.39 is 0 Å². The SMILES string of the molecule is Cc1c[c-]c(C)c(C)c1.Cc1cccc(C)c1C. The van der Waals surface area contributed by atoms with Crippen LogP contribution in [0, 0.1) is 47.6 Å². The fraction of sp³-hybridized carbons (Fsp3) is 0.333. The molecule has 0 amide bonds. The molecule has 2 rings (SSSR count). The summed E-state index contributed by atoms with van der Waals surface area (Å²) in [4.78, 5) is 0. The van der Waals surface area contributed by atoms with Crippen molar-refractivity contribution >= 4 is 0 Å². The van der Waals surface area contributed by atoms with E-state index in [0.29, 0.717) is 0 Å². The van der Waals surface area contributed by atoms with Crippen molar-refractivity contribution in [2.75, 3.05) is 0 Å². The highest BCUT2D eigenvalue weighted by Crippen LogP contribution is 2.10. The van der Waals surface area contributed by atoms with Crippen molar-refractivity contribution in [3.8, 4) is 0 Å². The Morgan fingerprint density at radius 2 is 1.33 bits per heavy atom. The zero-order valence-electron chi connectivity index (χ0n) is 12.4. The Morgan fingerprint density at radius 1 is 0.778 bits per heavy atom. The highest BCUT2D eigenvalue weighted by Gasteiger charge is 1.91. The van der Waals surface area contributed by atoms with E-state index >= 15 is 0 Å². The van der Waals surface area contributed by atoms with E-state index in [1.807, 2.05) is 6.07 Å². The standard InChI is InChI=1S/C9H11.C9H12/c1-7-4-5-8(2)9(3)6-7;1-7-5-4-6-8(2)9(7)3/h4,6H,1-3H3;4-6H,1-3H3/q-1;. The number of rotatable bonds is 0. The lowest BCUT2D eigenvalue weighted by Gasteiger charge is -2.08. The summed E-state index contributed by atoms with van der Waals surface area (Å²) < 4.78 is 0. The molecule has 0 saturated heterocycles. The summed E-state index contributed by atoms with van der Waals surface area (Å²) >= 11 is 0. The van der Waals surface area contributed by atoms with Crippen molar-refractivity contribution < 1.29 is 0 Å². The molecule has 0 fully saturated rings. The molecule has 0 N–H and O–H groups in total. The predicted octanol–water partition coefficient (Wildman–Crippen LogP) is 5.02. The normalized spacial score (nSPS) is 9.67. The lowest BCUT2D eigenvalue weighted by atomic mass is 10.1. The zero-order chi connectivity index (χ0) is 13.7. The monoisotopic (exact) mass is 239 g/mol. The maximum atomic E-state index is 3.17. The first-order valence-electron chi connectivity index (χ1n) is 6.40. The van der Waals surface area contributed by atoms with Gasteiger partial charge in [0.15, 0.2) is 0 Å². The molecule has 2 aromatic rings. The first-order chi connectivity index (χ1) is 8.41. The van der Waals surface area contributed by atoms with Crippen LogP contribution < -0.4 is 0 Å². The van der Waals surface area contributed by atoms with Gasteiger partial charge in [0.05, 0.1) is 0 Å². The summed E-state index contributed by atoms with van der Waals surface area (Å²) in [6, 6.07) is 13.7. The van der Waals surface area contributed by atoms with Gasteiger partial charge in [0, 0.05) is 0 Å². The highest BCUT2D eigenvalue weighted by atomic mass is 14.0. The average Bonchev–Trinajstić information content (AvgIpc) is 2.32. The molecule has 0 unspecified atom stereocenters. The molecule has 0 aliphatic heterocycles. The summed E-state index contributed by atoms with van der Waals surface area (Å²) in [6.07, 6.45) is 0. The molecule has 0 radical (unpaired) electrons. The molecule has 18 heavy (non-hydrogen) atoms. The van der Waals surface area contributed by atoms with E-state index in [-0.39, 0.29) is 0 Å². The molecule has 0 heterocycles. The third-order valence-corrected chi connectivity index (χ3v) is 3.43. The summed E-state index contributed by atoms with van der Waals surface area (Å²) in [5, 5.41) is 0. The van der Waals surface area contributed by atoms with Crippen LogP contribution in [0.3, 0.4) is 0 Å². The van der Waals surface area contributed by atoms with E-state index in [9.17, 15) is 0 Å². The second kappa shape index (κ2) is 6.39. The second-order valence-electron chi connectivity index (χ2n) is 5.00. The van der Waals surface area contributed by atoms with Crippen LogP contribution in [-0.2, 0) is 0 Å². The Hall–Kier alpha value is -1.56. The van der Waals surface area contributed by atoms with Crippen molar-refractivity contribution in [1.29, 1.82) is 0 Å². The van der Waals surface area contributed by atoms with E-state index in [4.69, 9.17) is 0 Å². The molecule has 2 aromatic carbocycles. The Balaban J connectivity index is 0.000000180. The third-order valence-electron chi connectivity index (χ3n) is 3.43. The summed E-state index contributed by atoms with van der Waals surface area (Å²) in [7, 11) is 0. The molecule has 96 valence electrons. The second-order valence-corrected chi connectivity index (χ2v) is 5.00. The van der Waals surface area contributed by atoms with E-state index in [1.165, 1.54) is 33.4 Å². The van der Waals surface area contributed by atoms with E-state index in [1.54, 1.807) is 0 Å². The molecule has 0 saturated carbocycles. The molecule has 0 atom stereocenters. The largest absolute Gasteiger partial charge is 0.180 e. The maximum absolute atomic E-state index is 3.17. The van der Waals surface area contributed by atoms with Gasteiger partial charge in [0.25, 0.3) is 0 Å². The third kappa shape index (κ3) is 4.03. The van der Waals surface area contributed by atoms with Crippen LogP contribution in [0.4, 0.5) is 0 Å². The highest BCUT2D eigenvalue weighted by molar-refractivity contribution is 5.31. The Labute approximate surface area is 112 Å². The van der Waals surface area contributed by atoms with Gasteiger partial charge in [-0.15, -0.1) is 0 Å². The quantitative estimate of drug-likeness (QED) is 0.566. The molecular weight excluding hydrogens is 216 g/mol. The van der Waals surface area contributed by atoms with Crippen LogP contribution in [-0.4, -0.2) is 0 Å². The summed E-state index contributed by atoms with van der Waals surface area (Å²) in [5.74, 6) is 0.